The lowest BCUT2D eigenvalue weighted by Crippen LogP contribution is -2.45. The number of esters is 1. The Morgan fingerprint density at radius 3 is 2.57 bits per heavy atom. The number of hydrogen-bond acceptors (Lipinski definition) is 9. The topological polar surface area (TPSA) is 129 Å². The van der Waals surface area contributed by atoms with Crippen LogP contribution >= 0.6 is 19.8 Å². The number of aliphatic hydroxyl groups excluding tert-OH is 1. The van der Waals surface area contributed by atoms with E-state index in [2.05, 4.69) is 4.98 Å². The fourth-order valence-corrected chi connectivity index (χ4v) is 5.82. The van der Waals surface area contributed by atoms with Crippen molar-refractivity contribution in [3.05, 3.63) is 57.7 Å². The zero-order chi connectivity index (χ0) is 27.4. The number of H-pyrrole nitrogens is 1. The molecule has 37 heavy (non-hydrogen) atoms. The van der Waals surface area contributed by atoms with Crippen LogP contribution in [0.3, 0.4) is 0 Å². The summed E-state index contributed by atoms with van der Waals surface area (Å²) in [5.41, 5.74) is -3.52. The van der Waals surface area contributed by atoms with Gasteiger partial charge in [0.15, 0.2) is 11.0 Å². The van der Waals surface area contributed by atoms with E-state index < -0.39 is 74.7 Å². The number of aromatic amines is 1. The van der Waals surface area contributed by atoms with Crippen molar-refractivity contribution < 1.29 is 41.8 Å². The fourth-order valence-electron chi connectivity index (χ4n) is 3.70. The number of benzene rings is 1. The van der Waals surface area contributed by atoms with Crippen molar-refractivity contribution >= 4 is 25.8 Å². The highest BCUT2D eigenvalue weighted by atomic mass is 32.1. The number of hydrogen-bond donors (Lipinski definition) is 2. The number of para-hydroxylation sites is 1. The van der Waals surface area contributed by atoms with E-state index in [0.717, 1.165) is 16.8 Å². The summed E-state index contributed by atoms with van der Waals surface area (Å²) in [7, 11) is -4.11. The molecular formula is C23H29F2N2O8PS. The predicted molar refractivity (Wildman–Crippen MR) is 132 cm³/mol. The van der Waals surface area contributed by atoms with Crippen LogP contribution in [0.1, 0.15) is 27.0 Å². The SMILES string of the molecule is CC(C)OC(=O)[C@H](C)CP(=O)(OC[C@H]1O[C@@H](n2ccc(=O)[nH]c2=S)C(F)(CF)[C@H]1O)Oc1ccccc1. The first-order chi connectivity index (χ1) is 17.4. The molecule has 6 atom stereocenters. The Kier molecular flexibility index (Phi) is 9.41. The molecule has 2 unspecified atom stereocenters. The van der Waals surface area contributed by atoms with Crippen LogP contribution in [0.4, 0.5) is 8.78 Å². The van der Waals surface area contributed by atoms with Gasteiger partial charge in [-0.3, -0.25) is 23.7 Å². The largest absolute Gasteiger partial charge is 0.463 e. The lowest BCUT2D eigenvalue weighted by atomic mass is 9.97. The Bertz CT molecular complexity index is 1240. The van der Waals surface area contributed by atoms with Gasteiger partial charge < -0.3 is 19.1 Å². The molecule has 1 aliphatic rings. The number of halogens is 2. The maximum atomic E-state index is 15.6. The maximum absolute atomic E-state index is 15.6. The van der Waals surface area contributed by atoms with E-state index in [0.29, 0.717) is 0 Å². The monoisotopic (exact) mass is 562 g/mol. The third-order valence-corrected chi connectivity index (χ3v) is 7.88. The van der Waals surface area contributed by atoms with Crippen molar-refractivity contribution in [2.24, 2.45) is 5.92 Å². The van der Waals surface area contributed by atoms with Crippen LogP contribution in [0.2, 0.25) is 0 Å². The molecule has 204 valence electrons. The minimum atomic E-state index is -4.11. The summed E-state index contributed by atoms with van der Waals surface area (Å²) >= 11 is 5.02. The quantitative estimate of drug-likeness (QED) is 0.239. The molecule has 1 aromatic carbocycles. The van der Waals surface area contributed by atoms with Gasteiger partial charge in [-0.25, -0.2) is 13.3 Å². The third kappa shape index (κ3) is 6.91. The summed E-state index contributed by atoms with van der Waals surface area (Å²) in [6.07, 6.45) is -4.98. The summed E-state index contributed by atoms with van der Waals surface area (Å²) in [4.78, 5) is 26.1. The second-order valence-corrected chi connectivity index (χ2v) is 11.3. The van der Waals surface area contributed by atoms with Crippen LogP contribution in [-0.4, -0.2) is 64.1 Å². The third-order valence-electron chi connectivity index (χ3n) is 5.54. The van der Waals surface area contributed by atoms with E-state index >= 15 is 4.39 Å². The zero-order valence-corrected chi connectivity index (χ0v) is 22.1. The van der Waals surface area contributed by atoms with Crippen LogP contribution < -0.4 is 10.1 Å². The van der Waals surface area contributed by atoms with Crippen LogP contribution in [0.15, 0.2) is 47.4 Å². The van der Waals surface area contributed by atoms with Crippen molar-refractivity contribution in [1.29, 1.82) is 0 Å². The van der Waals surface area contributed by atoms with Crippen molar-refractivity contribution in [3.8, 4) is 5.75 Å². The molecule has 2 N–H and O–H groups in total. The van der Waals surface area contributed by atoms with Gasteiger partial charge in [0.05, 0.1) is 24.8 Å². The highest BCUT2D eigenvalue weighted by molar-refractivity contribution is 7.71. The minimum Gasteiger partial charge on any atom is -0.463 e. The molecule has 0 spiro atoms. The molecule has 0 aliphatic carbocycles. The molecular weight excluding hydrogens is 533 g/mol. The van der Waals surface area contributed by atoms with Gasteiger partial charge in [-0.2, -0.15) is 0 Å². The second-order valence-electron chi connectivity index (χ2n) is 8.93. The molecule has 0 saturated carbocycles. The summed E-state index contributed by atoms with van der Waals surface area (Å²) in [6, 6.07) is 9.07. The predicted octanol–water partition coefficient (Wildman–Crippen LogP) is 3.72. The summed E-state index contributed by atoms with van der Waals surface area (Å²) in [5.74, 6) is -1.34. The normalized spacial score (nSPS) is 26.0. The molecule has 1 fully saturated rings. The standard InChI is InChI=1S/C23H29F2N2O8PS/c1-14(2)33-20(30)15(3)12-36(31,35-16-7-5-4-6-8-16)32-11-17-19(29)23(25,13-24)21(34-17)27-10-9-18(28)26-22(27)37/h4-10,14-15,17,19,21,29H,11-13H2,1-3H3,(H,26,28,37)/t15-,17-,19+,21-,23?,36?/m1/s1. The Labute approximate surface area is 217 Å². The molecule has 0 radical (unpaired) electrons. The van der Waals surface area contributed by atoms with Gasteiger partial charge in [-0.05, 0) is 38.2 Å². The molecule has 1 saturated heterocycles. The second kappa shape index (κ2) is 12.0. The van der Waals surface area contributed by atoms with E-state index in [-0.39, 0.29) is 10.5 Å². The van der Waals surface area contributed by atoms with E-state index in [4.69, 9.17) is 30.7 Å². The van der Waals surface area contributed by atoms with E-state index in [1.54, 1.807) is 32.0 Å². The fraction of sp³-hybridized carbons (Fsp3) is 0.522. The summed E-state index contributed by atoms with van der Waals surface area (Å²) in [5, 5.41) is 10.6. The average molecular weight is 563 g/mol. The zero-order valence-electron chi connectivity index (χ0n) is 20.4. The van der Waals surface area contributed by atoms with Crippen LogP contribution in [0.5, 0.6) is 5.75 Å². The van der Waals surface area contributed by atoms with Gasteiger partial charge in [0.2, 0.25) is 5.67 Å². The summed E-state index contributed by atoms with van der Waals surface area (Å²) in [6.45, 7) is 2.50. The Morgan fingerprint density at radius 2 is 1.97 bits per heavy atom. The first-order valence-electron chi connectivity index (χ1n) is 11.5. The number of alkyl halides is 2. The molecule has 2 heterocycles. The van der Waals surface area contributed by atoms with Crippen molar-refractivity contribution in [3.63, 3.8) is 0 Å². The number of aromatic nitrogens is 2. The molecule has 10 nitrogen and oxygen atoms in total. The van der Waals surface area contributed by atoms with Crippen molar-refractivity contribution in [2.45, 2.75) is 51.0 Å². The molecule has 0 amide bonds. The van der Waals surface area contributed by atoms with Gasteiger partial charge in [-0.1, -0.05) is 25.1 Å². The number of carbonyl (C=O) groups is 1. The molecule has 0 bridgehead atoms. The van der Waals surface area contributed by atoms with Gasteiger partial charge >= 0.3 is 13.6 Å². The first-order valence-corrected chi connectivity index (χ1v) is 13.6. The minimum absolute atomic E-state index is 0.184. The number of nitrogens with one attached hydrogen (secondary N) is 1. The van der Waals surface area contributed by atoms with E-state index in [1.807, 2.05) is 0 Å². The molecule has 3 rings (SSSR count). The van der Waals surface area contributed by atoms with Crippen molar-refractivity contribution in [2.75, 3.05) is 19.4 Å². The van der Waals surface area contributed by atoms with Gasteiger partial charge in [-0.15, -0.1) is 0 Å². The number of aliphatic hydroxyl groups is 1. The molecule has 2 aromatic rings. The Balaban J connectivity index is 1.83. The van der Waals surface area contributed by atoms with E-state index in [9.17, 15) is 23.7 Å². The molecule has 1 aliphatic heterocycles. The van der Waals surface area contributed by atoms with Crippen LogP contribution in [-0.2, 0) is 23.4 Å². The maximum Gasteiger partial charge on any atom is 0.380 e. The number of carbonyl (C=O) groups excluding carboxylic acids is 1. The van der Waals surface area contributed by atoms with Gasteiger partial charge in [0.1, 0.15) is 24.6 Å². The van der Waals surface area contributed by atoms with Crippen molar-refractivity contribution in [1.82, 2.24) is 9.55 Å². The summed E-state index contributed by atoms with van der Waals surface area (Å²) < 4.78 is 65.7. The smallest absolute Gasteiger partial charge is 0.380 e. The van der Waals surface area contributed by atoms with Crippen LogP contribution in [0.25, 0.3) is 0 Å². The lowest BCUT2D eigenvalue weighted by molar-refractivity contribution is -0.151. The number of rotatable bonds is 11. The highest BCUT2D eigenvalue weighted by Gasteiger charge is 2.59. The average Bonchev–Trinajstić information content (AvgIpc) is 3.08. The first kappa shape index (κ1) is 29.1. The number of ether oxygens (including phenoxy) is 2. The van der Waals surface area contributed by atoms with Gasteiger partial charge in [0.25, 0.3) is 5.56 Å². The van der Waals surface area contributed by atoms with E-state index in [1.165, 1.54) is 19.1 Å². The lowest BCUT2D eigenvalue weighted by Gasteiger charge is -2.26. The molecule has 14 heteroatoms. The Morgan fingerprint density at radius 1 is 1.30 bits per heavy atom. The molecule has 1 aromatic heterocycles. The van der Waals surface area contributed by atoms with Crippen LogP contribution in [0, 0.1) is 10.7 Å². The highest BCUT2D eigenvalue weighted by Crippen LogP contribution is 2.51. The number of nitrogens with zero attached hydrogens (tertiary/aromatic N) is 1. The van der Waals surface area contributed by atoms with Gasteiger partial charge in [0, 0.05) is 12.3 Å². The Hall–Kier alpha value is -2.44.